The lowest BCUT2D eigenvalue weighted by Gasteiger charge is -2.28. The minimum atomic E-state index is -1.03. The van der Waals surface area contributed by atoms with Gasteiger partial charge in [0.05, 0.1) is 17.2 Å². The molecule has 7 nitrogen and oxygen atoms in total. The van der Waals surface area contributed by atoms with Crippen LogP contribution in [-0.4, -0.2) is 66.7 Å². The molecule has 2 unspecified atom stereocenters. The molecule has 1 saturated carbocycles. The summed E-state index contributed by atoms with van der Waals surface area (Å²) in [6.45, 7) is 2.22. The van der Waals surface area contributed by atoms with Crippen molar-refractivity contribution in [2.24, 2.45) is 4.99 Å². The Bertz CT molecular complexity index is 1050. The van der Waals surface area contributed by atoms with Crippen LogP contribution in [0.2, 0.25) is 5.02 Å². The molecule has 2 aromatic carbocycles. The Morgan fingerprint density at radius 3 is 2.53 bits per heavy atom. The Kier molecular flexibility index (Phi) is 7.98. The molecule has 8 heteroatoms. The van der Waals surface area contributed by atoms with Crippen LogP contribution in [0.3, 0.4) is 0 Å². The average Bonchev–Trinajstić information content (AvgIpc) is 3.51. The molecule has 1 saturated heterocycles. The highest BCUT2D eigenvalue weighted by Gasteiger charge is 2.30. The third-order valence-corrected chi connectivity index (χ3v) is 6.42. The fourth-order valence-electron chi connectivity index (χ4n) is 4.10. The van der Waals surface area contributed by atoms with E-state index in [0.717, 1.165) is 44.3 Å². The van der Waals surface area contributed by atoms with Gasteiger partial charge in [0.15, 0.2) is 0 Å². The van der Waals surface area contributed by atoms with Crippen molar-refractivity contribution in [1.29, 1.82) is 0 Å². The summed E-state index contributed by atoms with van der Waals surface area (Å²) in [5, 5.41) is 14.4. The van der Waals surface area contributed by atoms with E-state index in [2.05, 4.69) is 15.2 Å². The smallest absolute Gasteiger partial charge is 0.292 e. The van der Waals surface area contributed by atoms with Crippen molar-refractivity contribution in [2.75, 3.05) is 26.7 Å². The lowest BCUT2D eigenvalue weighted by atomic mass is 10.0. The molecular weight excluding hydrogens is 454 g/mol. The minimum absolute atomic E-state index is 0.213. The van der Waals surface area contributed by atoms with E-state index in [0.29, 0.717) is 22.9 Å². The Balaban J connectivity index is 1.48. The lowest BCUT2D eigenvalue weighted by molar-refractivity contribution is -0.118. The fourth-order valence-corrected chi connectivity index (χ4v) is 4.33. The van der Waals surface area contributed by atoms with Crippen LogP contribution in [0.1, 0.15) is 53.3 Å². The molecule has 2 atom stereocenters. The molecule has 1 heterocycles. The summed E-state index contributed by atoms with van der Waals surface area (Å²) in [7, 11) is 1.67. The van der Waals surface area contributed by atoms with Crippen molar-refractivity contribution >= 4 is 29.5 Å². The predicted molar refractivity (Wildman–Crippen MR) is 132 cm³/mol. The highest BCUT2D eigenvalue weighted by molar-refractivity contribution is 6.42. The molecule has 4 rings (SSSR count). The van der Waals surface area contributed by atoms with Gasteiger partial charge in [0, 0.05) is 25.4 Å². The van der Waals surface area contributed by atoms with E-state index in [-0.39, 0.29) is 11.7 Å². The average molecular weight is 484 g/mol. The van der Waals surface area contributed by atoms with Crippen LogP contribution in [0.5, 0.6) is 5.75 Å². The number of nitrogens with zero attached hydrogens (tertiary/aromatic N) is 2. The van der Waals surface area contributed by atoms with E-state index in [4.69, 9.17) is 16.3 Å². The van der Waals surface area contributed by atoms with Crippen LogP contribution >= 0.6 is 11.6 Å². The number of hydrogen-bond donors (Lipinski definition) is 2. The van der Waals surface area contributed by atoms with Gasteiger partial charge in [-0.15, -0.1) is 0 Å². The monoisotopic (exact) mass is 483 g/mol. The first kappa shape index (κ1) is 24.4. The maximum absolute atomic E-state index is 12.9. The molecule has 2 fully saturated rings. The van der Waals surface area contributed by atoms with Crippen molar-refractivity contribution in [3.05, 3.63) is 64.2 Å². The molecule has 0 spiro atoms. The summed E-state index contributed by atoms with van der Waals surface area (Å²) in [5.74, 6) is -0.809. The summed E-state index contributed by atoms with van der Waals surface area (Å²) < 4.78 is 5.78. The first-order valence-electron chi connectivity index (χ1n) is 11.7. The quantitative estimate of drug-likeness (QED) is 0.307. The number of Topliss-reactive ketones (excluding diaryl/α,β-unsaturated/α-hetero) is 1. The number of nitrogens with one attached hydrogen (secondary N) is 1. The molecule has 2 N–H and O–H groups in total. The second-order valence-electron chi connectivity index (χ2n) is 8.88. The number of ketones is 1. The number of ether oxygens (including phenoxy) is 1. The number of likely N-dealkylation sites (tertiary alicyclic amines) is 1. The number of benzene rings is 2. The Morgan fingerprint density at radius 1 is 1.21 bits per heavy atom. The molecule has 2 aliphatic rings. The van der Waals surface area contributed by atoms with E-state index in [1.807, 2.05) is 0 Å². The number of rotatable bonds is 10. The molecule has 2 aromatic rings. The van der Waals surface area contributed by atoms with Gasteiger partial charge in [-0.3, -0.25) is 14.6 Å². The number of amides is 1. The summed E-state index contributed by atoms with van der Waals surface area (Å²) in [6.07, 6.45) is 5.03. The number of aliphatic imine (C=N–C) groups is 1. The second kappa shape index (κ2) is 11.1. The third-order valence-electron chi connectivity index (χ3n) is 6.12. The van der Waals surface area contributed by atoms with Crippen LogP contribution in [0.25, 0.3) is 0 Å². The van der Waals surface area contributed by atoms with E-state index < -0.39 is 23.8 Å². The summed E-state index contributed by atoms with van der Waals surface area (Å²) in [5.41, 5.74) is 1.69. The third kappa shape index (κ3) is 6.23. The molecular formula is C26H30ClN3O4. The van der Waals surface area contributed by atoms with Gasteiger partial charge < -0.3 is 20.1 Å². The second-order valence-corrected chi connectivity index (χ2v) is 9.29. The largest absolute Gasteiger partial charge is 0.489 e. The SMILES string of the molecule is CN=Cc1ccc(C(=O)C(=O)NC(CN2CCCC2)C(O)c2ccc(OC3CC3)c(Cl)c2)cc1. The van der Waals surface area contributed by atoms with E-state index in [1.165, 1.54) is 0 Å². The number of aliphatic hydroxyl groups is 1. The van der Waals surface area contributed by atoms with Gasteiger partial charge in [0.25, 0.3) is 5.91 Å². The Labute approximate surface area is 204 Å². The number of hydrogen-bond acceptors (Lipinski definition) is 6. The van der Waals surface area contributed by atoms with E-state index in [1.54, 1.807) is 55.7 Å². The van der Waals surface area contributed by atoms with Gasteiger partial charge >= 0.3 is 0 Å². The number of carbonyl (C=O) groups excluding carboxylic acids is 2. The zero-order chi connectivity index (χ0) is 24.1. The van der Waals surface area contributed by atoms with Crippen molar-refractivity contribution in [3.8, 4) is 5.75 Å². The molecule has 1 amide bonds. The Hall–Kier alpha value is -2.74. The summed E-state index contributed by atoms with van der Waals surface area (Å²) in [6, 6.07) is 11.2. The zero-order valence-electron chi connectivity index (χ0n) is 19.2. The van der Waals surface area contributed by atoms with Crippen molar-refractivity contribution in [2.45, 2.75) is 43.9 Å². The maximum atomic E-state index is 12.9. The molecule has 34 heavy (non-hydrogen) atoms. The van der Waals surface area contributed by atoms with Gasteiger partial charge in [0.1, 0.15) is 11.9 Å². The first-order chi connectivity index (χ1) is 16.4. The minimum Gasteiger partial charge on any atom is -0.489 e. The molecule has 1 aliphatic heterocycles. The predicted octanol–water partition coefficient (Wildman–Crippen LogP) is 3.43. The molecule has 180 valence electrons. The van der Waals surface area contributed by atoms with Crippen molar-refractivity contribution in [1.82, 2.24) is 10.2 Å². The topological polar surface area (TPSA) is 91.2 Å². The lowest BCUT2D eigenvalue weighted by Crippen LogP contribution is -2.48. The summed E-state index contributed by atoms with van der Waals surface area (Å²) in [4.78, 5) is 31.8. The van der Waals surface area contributed by atoms with Crippen LogP contribution in [0.4, 0.5) is 0 Å². The normalized spacial score (nSPS) is 18.1. The van der Waals surface area contributed by atoms with E-state index in [9.17, 15) is 14.7 Å². The van der Waals surface area contributed by atoms with Gasteiger partial charge in [-0.1, -0.05) is 41.9 Å². The van der Waals surface area contributed by atoms with E-state index >= 15 is 0 Å². The van der Waals surface area contributed by atoms with Crippen molar-refractivity contribution in [3.63, 3.8) is 0 Å². The van der Waals surface area contributed by atoms with Crippen LogP contribution in [-0.2, 0) is 4.79 Å². The van der Waals surface area contributed by atoms with Gasteiger partial charge in [-0.25, -0.2) is 0 Å². The standard InChI is InChI=1S/C26H30ClN3O4/c1-28-15-17-4-6-18(7-5-17)25(32)26(33)29-22(16-30-12-2-3-13-30)24(31)19-8-11-23(21(27)14-19)34-20-9-10-20/h4-8,11,14-15,20,22,24,31H,2-3,9-10,12-13,16H2,1H3,(H,29,33). The highest BCUT2D eigenvalue weighted by Crippen LogP contribution is 2.34. The number of halogens is 1. The number of carbonyl (C=O) groups is 2. The van der Waals surface area contributed by atoms with Crippen LogP contribution < -0.4 is 10.1 Å². The molecule has 0 bridgehead atoms. The zero-order valence-corrected chi connectivity index (χ0v) is 20.0. The van der Waals surface area contributed by atoms with Gasteiger partial charge in [0.2, 0.25) is 5.78 Å². The first-order valence-corrected chi connectivity index (χ1v) is 12.1. The molecule has 0 radical (unpaired) electrons. The maximum Gasteiger partial charge on any atom is 0.292 e. The highest BCUT2D eigenvalue weighted by atomic mass is 35.5. The van der Waals surface area contributed by atoms with Gasteiger partial charge in [-0.2, -0.15) is 0 Å². The fraction of sp³-hybridized carbons (Fsp3) is 0.423. The molecule has 1 aliphatic carbocycles. The van der Waals surface area contributed by atoms with Crippen LogP contribution in [0, 0.1) is 0 Å². The van der Waals surface area contributed by atoms with Crippen LogP contribution in [0.15, 0.2) is 47.5 Å². The Morgan fingerprint density at radius 2 is 1.91 bits per heavy atom. The molecule has 0 aromatic heterocycles. The van der Waals surface area contributed by atoms with Gasteiger partial charge in [-0.05, 0) is 62.0 Å². The number of aliphatic hydroxyl groups excluding tert-OH is 1. The van der Waals surface area contributed by atoms with Crippen molar-refractivity contribution < 1.29 is 19.4 Å². The summed E-state index contributed by atoms with van der Waals surface area (Å²) >= 11 is 6.39.